The highest BCUT2D eigenvalue weighted by atomic mass is 32.2. The standard InChI is InChI=1S/C19H16N6O4S2/c1-29-16(27)5-4-15(26)23-18-20-9-12(30-18)7-14-17(28)24-19(31-14)22-11-3-2-10-8-21-25-13(10)6-11/h2-3,6-9H,4-5H2,1H3,(H,21,25)(H,20,23,26)(H,22,24,28)/b14-7-. The maximum absolute atomic E-state index is 12.3. The van der Waals surface area contributed by atoms with Crippen molar-refractivity contribution < 1.29 is 19.1 Å². The van der Waals surface area contributed by atoms with Gasteiger partial charge in [-0.2, -0.15) is 5.10 Å². The number of hydrogen-bond donors (Lipinski definition) is 3. The second-order valence-electron chi connectivity index (χ2n) is 6.32. The monoisotopic (exact) mass is 456 g/mol. The number of anilines is 1. The van der Waals surface area contributed by atoms with E-state index in [-0.39, 0.29) is 24.7 Å². The van der Waals surface area contributed by atoms with Crippen molar-refractivity contribution in [2.24, 2.45) is 4.99 Å². The fraction of sp³-hybridized carbons (Fsp3) is 0.158. The zero-order valence-electron chi connectivity index (χ0n) is 16.2. The van der Waals surface area contributed by atoms with Gasteiger partial charge in [-0.3, -0.25) is 19.5 Å². The Bertz CT molecular complexity index is 1230. The van der Waals surface area contributed by atoms with E-state index < -0.39 is 5.97 Å². The Labute approximate surface area is 184 Å². The molecule has 0 bridgehead atoms. The molecule has 4 rings (SSSR count). The van der Waals surface area contributed by atoms with Crippen molar-refractivity contribution >= 4 is 73.8 Å². The molecule has 1 aliphatic heterocycles. The van der Waals surface area contributed by atoms with Crippen LogP contribution in [0.25, 0.3) is 17.0 Å². The summed E-state index contributed by atoms with van der Waals surface area (Å²) in [5.74, 6) is -1.05. The summed E-state index contributed by atoms with van der Waals surface area (Å²) in [6.07, 6.45) is 4.97. The number of amides is 2. The average Bonchev–Trinajstić information content (AvgIpc) is 3.47. The number of fused-ring (bicyclic) bond motifs is 1. The third kappa shape index (κ3) is 5.16. The van der Waals surface area contributed by atoms with Gasteiger partial charge in [0.2, 0.25) is 5.91 Å². The first kappa shape index (κ1) is 20.8. The maximum atomic E-state index is 12.3. The number of esters is 1. The SMILES string of the molecule is COC(=O)CCC(=O)Nc1ncc(/C=C2\S/C(=N\c3ccc4cn[nH]c4c3)NC2=O)s1. The van der Waals surface area contributed by atoms with Gasteiger partial charge in [-0.1, -0.05) is 11.3 Å². The van der Waals surface area contributed by atoms with E-state index in [0.29, 0.717) is 25.8 Å². The first-order valence-corrected chi connectivity index (χ1v) is 10.7. The number of aromatic amines is 1. The number of aromatic nitrogens is 3. The minimum atomic E-state index is -0.453. The Morgan fingerprint density at radius 1 is 1.29 bits per heavy atom. The van der Waals surface area contributed by atoms with E-state index in [1.807, 2.05) is 18.2 Å². The second-order valence-corrected chi connectivity index (χ2v) is 8.41. The molecule has 10 nitrogen and oxygen atoms in total. The van der Waals surface area contributed by atoms with Crippen LogP contribution in [-0.4, -0.2) is 45.2 Å². The Kier molecular flexibility index (Phi) is 6.09. The number of thioether (sulfide) groups is 1. The van der Waals surface area contributed by atoms with Crippen LogP contribution < -0.4 is 10.6 Å². The molecule has 31 heavy (non-hydrogen) atoms. The number of nitrogens with one attached hydrogen (secondary N) is 3. The molecule has 1 aliphatic rings. The normalized spacial score (nSPS) is 16.1. The summed E-state index contributed by atoms with van der Waals surface area (Å²) in [7, 11) is 1.27. The van der Waals surface area contributed by atoms with Crippen molar-refractivity contribution in [3.05, 3.63) is 40.4 Å². The van der Waals surface area contributed by atoms with Crippen molar-refractivity contribution in [1.82, 2.24) is 20.5 Å². The highest BCUT2D eigenvalue weighted by Gasteiger charge is 2.24. The third-order valence-corrected chi connectivity index (χ3v) is 5.90. The number of amidine groups is 1. The van der Waals surface area contributed by atoms with Crippen molar-refractivity contribution in [2.45, 2.75) is 12.8 Å². The van der Waals surface area contributed by atoms with Gasteiger partial charge >= 0.3 is 5.97 Å². The number of nitrogens with zero attached hydrogens (tertiary/aromatic N) is 3. The molecule has 2 aromatic heterocycles. The Balaban J connectivity index is 1.40. The lowest BCUT2D eigenvalue weighted by Gasteiger charge is -2.00. The summed E-state index contributed by atoms with van der Waals surface area (Å²) in [4.78, 5) is 45.0. The van der Waals surface area contributed by atoms with Crippen molar-refractivity contribution in [3.63, 3.8) is 0 Å². The van der Waals surface area contributed by atoms with Gasteiger partial charge in [0.1, 0.15) is 0 Å². The van der Waals surface area contributed by atoms with Crippen LogP contribution in [0.5, 0.6) is 0 Å². The number of thiazole rings is 1. The molecule has 0 saturated carbocycles. The Morgan fingerprint density at radius 3 is 3.00 bits per heavy atom. The number of ether oxygens (including phenoxy) is 1. The highest BCUT2D eigenvalue weighted by Crippen LogP contribution is 2.30. The molecular weight excluding hydrogens is 440 g/mol. The van der Waals surface area contributed by atoms with Gasteiger partial charge in [-0.25, -0.2) is 9.98 Å². The number of aliphatic imine (C=N–C) groups is 1. The van der Waals surface area contributed by atoms with Crippen LogP contribution >= 0.6 is 23.1 Å². The van der Waals surface area contributed by atoms with Gasteiger partial charge in [0.25, 0.3) is 5.91 Å². The summed E-state index contributed by atoms with van der Waals surface area (Å²) < 4.78 is 4.51. The molecule has 1 aromatic carbocycles. The fourth-order valence-corrected chi connectivity index (χ4v) is 4.32. The van der Waals surface area contributed by atoms with E-state index in [1.165, 1.54) is 30.2 Å². The second kappa shape index (κ2) is 9.10. The van der Waals surface area contributed by atoms with E-state index >= 15 is 0 Å². The molecule has 12 heteroatoms. The van der Waals surface area contributed by atoms with Crippen LogP contribution in [0.2, 0.25) is 0 Å². The van der Waals surface area contributed by atoms with Gasteiger partial charge in [-0.05, 0) is 36.0 Å². The zero-order chi connectivity index (χ0) is 21.8. The molecule has 0 radical (unpaired) electrons. The van der Waals surface area contributed by atoms with Crippen LogP contribution in [-0.2, 0) is 19.1 Å². The first-order valence-electron chi connectivity index (χ1n) is 9.05. The predicted octanol–water partition coefficient (Wildman–Crippen LogP) is 2.80. The average molecular weight is 457 g/mol. The number of methoxy groups -OCH3 is 1. The van der Waals surface area contributed by atoms with Crippen LogP contribution in [0.15, 0.2) is 40.5 Å². The number of carbonyl (C=O) groups excluding carboxylic acids is 3. The third-order valence-electron chi connectivity index (χ3n) is 4.13. The van der Waals surface area contributed by atoms with Crippen LogP contribution in [0, 0.1) is 0 Å². The quantitative estimate of drug-likeness (QED) is 0.383. The van der Waals surface area contributed by atoms with E-state index in [1.54, 1.807) is 18.5 Å². The zero-order valence-corrected chi connectivity index (χ0v) is 17.8. The molecule has 3 heterocycles. The molecule has 0 spiro atoms. The van der Waals surface area contributed by atoms with Gasteiger partial charge in [0, 0.05) is 18.0 Å². The molecule has 158 valence electrons. The van der Waals surface area contributed by atoms with Crippen LogP contribution in [0.1, 0.15) is 17.7 Å². The van der Waals surface area contributed by atoms with E-state index in [9.17, 15) is 14.4 Å². The number of carbonyl (C=O) groups is 3. The minimum absolute atomic E-state index is 0.00313. The number of benzene rings is 1. The molecule has 3 aromatic rings. The van der Waals surface area contributed by atoms with E-state index in [4.69, 9.17) is 0 Å². The summed E-state index contributed by atoms with van der Waals surface area (Å²) in [6.45, 7) is 0. The Morgan fingerprint density at radius 2 is 2.16 bits per heavy atom. The topological polar surface area (TPSA) is 138 Å². The lowest BCUT2D eigenvalue weighted by molar-refractivity contribution is -0.141. The molecule has 0 aliphatic carbocycles. The van der Waals surface area contributed by atoms with Crippen molar-refractivity contribution in [3.8, 4) is 0 Å². The number of hydrogen-bond acceptors (Lipinski definition) is 9. The summed E-state index contributed by atoms with van der Waals surface area (Å²) in [6, 6.07) is 5.59. The molecule has 0 atom stereocenters. The highest BCUT2D eigenvalue weighted by molar-refractivity contribution is 8.18. The molecular formula is C19H16N6O4S2. The van der Waals surface area contributed by atoms with Crippen LogP contribution in [0.3, 0.4) is 0 Å². The fourth-order valence-electron chi connectivity index (χ4n) is 2.63. The summed E-state index contributed by atoms with van der Waals surface area (Å²) in [5.41, 5.74) is 1.55. The van der Waals surface area contributed by atoms with Gasteiger partial charge in [-0.15, -0.1) is 0 Å². The van der Waals surface area contributed by atoms with Crippen LogP contribution in [0.4, 0.5) is 10.8 Å². The summed E-state index contributed by atoms with van der Waals surface area (Å²) in [5, 5.41) is 14.1. The van der Waals surface area contributed by atoms with E-state index in [0.717, 1.165) is 10.9 Å². The lowest BCUT2D eigenvalue weighted by atomic mass is 10.2. The van der Waals surface area contributed by atoms with Crippen molar-refractivity contribution in [2.75, 3.05) is 12.4 Å². The lowest BCUT2D eigenvalue weighted by Crippen LogP contribution is -2.19. The minimum Gasteiger partial charge on any atom is -0.469 e. The first-order chi connectivity index (χ1) is 15.0. The Hall–Kier alpha value is -3.51. The van der Waals surface area contributed by atoms with Crippen molar-refractivity contribution in [1.29, 1.82) is 0 Å². The largest absolute Gasteiger partial charge is 0.469 e. The molecule has 3 N–H and O–H groups in total. The van der Waals surface area contributed by atoms with Gasteiger partial charge < -0.3 is 15.4 Å². The van der Waals surface area contributed by atoms with Gasteiger partial charge in [0.05, 0.1) is 40.7 Å². The predicted molar refractivity (Wildman–Crippen MR) is 119 cm³/mol. The maximum Gasteiger partial charge on any atom is 0.306 e. The number of rotatable bonds is 6. The molecule has 0 unspecified atom stereocenters. The number of H-pyrrole nitrogens is 1. The van der Waals surface area contributed by atoms with Gasteiger partial charge in [0.15, 0.2) is 10.3 Å². The van der Waals surface area contributed by atoms with E-state index in [2.05, 4.69) is 35.5 Å². The smallest absolute Gasteiger partial charge is 0.306 e. The molecule has 1 fully saturated rings. The molecule has 1 saturated heterocycles. The summed E-state index contributed by atoms with van der Waals surface area (Å²) >= 11 is 2.44. The molecule has 2 amide bonds.